The maximum absolute atomic E-state index is 9.32. The minimum absolute atomic E-state index is 0.0193. The summed E-state index contributed by atoms with van der Waals surface area (Å²) in [5, 5.41) is 9.14. The molecule has 0 N–H and O–H groups in total. The number of hydrogen-bond donors (Lipinski definition) is 0. The summed E-state index contributed by atoms with van der Waals surface area (Å²) in [5.41, 5.74) is 3.13. The third kappa shape index (κ3) is 3.20. The number of ether oxygens (including phenoxy) is 1. The van der Waals surface area contributed by atoms with Crippen LogP contribution in [0.5, 0.6) is 5.75 Å². The van der Waals surface area contributed by atoms with Crippen LogP contribution < -0.4 is 4.74 Å². The summed E-state index contributed by atoms with van der Waals surface area (Å²) < 4.78 is 8.32. The number of allylic oxidation sites excluding steroid dienone is 5. The van der Waals surface area contributed by atoms with E-state index in [0.717, 1.165) is 34.7 Å². The molecule has 4 rings (SSSR count). The van der Waals surface area contributed by atoms with Crippen molar-refractivity contribution in [3.05, 3.63) is 77.9 Å². The van der Waals surface area contributed by atoms with Crippen molar-refractivity contribution in [3.8, 4) is 11.8 Å². The van der Waals surface area contributed by atoms with Crippen molar-refractivity contribution < 1.29 is 4.74 Å². The van der Waals surface area contributed by atoms with Crippen LogP contribution in [0.15, 0.2) is 61.0 Å². The van der Waals surface area contributed by atoms with Crippen LogP contribution in [-0.2, 0) is 0 Å². The van der Waals surface area contributed by atoms with Gasteiger partial charge in [-0.25, -0.2) is 4.98 Å². The number of alkyl halides is 1. The lowest BCUT2D eigenvalue weighted by atomic mass is 9.88. The van der Waals surface area contributed by atoms with E-state index < -0.39 is 0 Å². The van der Waals surface area contributed by atoms with Gasteiger partial charge in [-0.3, -0.25) is 0 Å². The first kappa shape index (κ1) is 17.6. The molecular formula is C22H20ClN3O. The molecule has 0 saturated heterocycles. The molecule has 1 unspecified atom stereocenters. The number of rotatable bonds is 2. The molecule has 0 fully saturated rings. The van der Waals surface area contributed by atoms with Gasteiger partial charge in [0.05, 0.1) is 23.1 Å². The fourth-order valence-corrected chi connectivity index (χ4v) is 3.84. The van der Waals surface area contributed by atoms with Crippen molar-refractivity contribution in [1.29, 1.82) is 5.26 Å². The summed E-state index contributed by atoms with van der Waals surface area (Å²) in [6.45, 7) is 8.19. The molecule has 0 spiro atoms. The minimum atomic E-state index is -0.324. The van der Waals surface area contributed by atoms with E-state index in [1.165, 1.54) is 0 Å². The Hall–Kier alpha value is -2.77. The van der Waals surface area contributed by atoms with E-state index in [2.05, 4.69) is 36.0 Å². The molecule has 0 bridgehead atoms. The fourth-order valence-electron chi connectivity index (χ4n) is 3.70. The summed E-state index contributed by atoms with van der Waals surface area (Å²) in [5.74, 6) is 1.67. The highest BCUT2D eigenvalue weighted by atomic mass is 35.5. The van der Waals surface area contributed by atoms with Gasteiger partial charge in [-0.1, -0.05) is 18.7 Å². The monoisotopic (exact) mass is 377 g/mol. The molecule has 27 heavy (non-hydrogen) atoms. The van der Waals surface area contributed by atoms with Gasteiger partial charge in [-0.2, -0.15) is 5.26 Å². The number of halogens is 1. The largest absolute Gasteiger partial charge is 0.487 e. The Morgan fingerprint density at radius 3 is 2.96 bits per heavy atom. The second-order valence-corrected chi connectivity index (χ2v) is 8.01. The predicted octanol–water partition coefficient (Wildman–Crippen LogP) is 5.02. The molecular weight excluding hydrogens is 358 g/mol. The number of fused-ring (bicyclic) bond motifs is 1. The molecule has 0 radical (unpaired) electrons. The van der Waals surface area contributed by atoms with Crippen molar-refractivity contribution in [2.24, 2.45) is 0 Å². The van der Waals surface area contributed by atoms with Crippen LogP contribution in [0, 0.1) is 11.3 Å². The number of benzene rings is 1. The average Bonchev–Trinajstić information content (AvgIpc) is 3.12. The maximum atomic E-state index is 9.32. The molecule has 1 aromatic carbocycles. The topological polar surface area (TPSA) is 50.8 Å². The number of aromatic nitrogens is 2. The molecule has 1 aromatic heterocycles. The average molecular weight is 378 g/mol. The number of imidazole rings is 1. The first-order chi connectivity index (χ1) is 12.9. The van der Waals surface area contributed by atoms with E-state index in [-0.39, 0.29) is 17.0 Å². The van der Waals surface area contributed by atoms with Crippen molar-refractivity contribution in [2.75, 3.05) is 0 Å². The quantitative estimate of drug-likeness (QED) is 0.690. The summed E-state index contributed by atoms with van der Waals surface area (Å²) in [6, 6.07) is 7.84. The summed E-state index contributed by atoms with van der Waals surface area (Å²) >= 11 is 6.21. The van der Waals surface area contributed by atoms with E-state index in [1.807, 2.05) is 36.6 Å². The van der Waals surface area contributed by atoms with Crippen LogP contribution in [-0.4, -0.2) is 20.5 Å². The number of nitrogens with zero attached hydrogens (tertiary/aromatic N) is 3. The molecule has 2 atom stereocenters. The van der Waals surface area contributed by atoms with E-state index in [1.54, 1.807) is 12.3 Å². The van der Waals surface area contributed by atoms with Gasteiger partial charge in [0, 0.05) is 30.0 Å². The molecule has 0 saturated carbocycles. The van der Waals surface area contributed by atoms with Gasteiger partial charge < -0.3 is 9.30 Å². The van der Waals surface area contributed by atoms with Crippen LogP contribution >= 0.6 is 11.6 Å². The van der Waals surface area contributed by atoms with Crippen LogP contribution in [0.4, 0.5) is 0 Å². The Bertz CT molecular complexity index is 1020. The highest BCUT2D eigenvalue weighted by Gasteiger charge is 2.36. The van der Waals surface area contributed by atoms with E-state index in [9.17, 15) is 5.26 Å². The normalized spacial score (nSPS) is 23.2. The lowest BCUT2D eigenvalue weighted by molar-refractivity contribution is 0.0669. The van der Waals surface area contributed by atoms with Crippen molar-refractivity contribution >= 4 is 17.2 Å². The Morgan fingerprint density at radius 2 is 2.22 bits per heavy atom. The number of nitriles is 1. The molecule has 1 aliphatic heterocycles. The van der Waals surface area contributed by atoms with Gasteiger partial charge in [0.15, 0.2) is 0 Å². The van der Waals surface area contributed by atoms with Crippen LogP contribution in [0.3, 0.4) is 0 Å². The van der Waals surface area contributed by atoms with Gasteiger partial charge in [0.25, 0.3) is 0 Å². The van der Waals surface area contributed by atoms with Gasteiger partial charge >= 0.3 is 0 Å². The van der Waals surface area contributed by atoms with Crippen LogP contribution in [0.25, 0.3) is 5.57 Å². The zero-order valence-corrected chi connectivity index (χ0v) is 16.1. The molecule has 0 amide bonds. The van der Waals surface area contributed by atoms with E-state index in [0.29, 0.717) is 5.56 Å². The van der Waals surface area contributed by atoms with Gasteiger partial charge in [0.1, 0.15) is 17.2 Å². The third-order valence-electron chi connectivity index (χ3n) is 4.97. The standard InChI is InChI=1S/C22H20ClN3O/c1-14-10-16(5-6-18(14)23)21-25-8-9-26(21)19-12-22(2,3)27-20-7-4-15(13-24)11-17(19)20/h4-11,18-19H,1,12H2,2-3H3/t18?,19-/m0/s1. The fraction of sp³-hybridized carbons (Fsp3) is 0.273. The molecule has 2 aliphatic rings. The van der Waals surface area contributed by atoms with Gasteiger partial charge in [-0.15, -0.1) is 11.6 Å². The molecule has 4 nitrogen and oxygen atoms in total. The Morgan fingerprint density at radius 1 is 1.41 bits per heavy atom. The van der Waals surface area contributed by atoms with Crippen molar-refractivity contribution in [3.63, 3.8) is 0 Å². The Kier molecular flexibility index (Phi) is 4.20. The first-order valence-corrected chi connectivity index (χ1v) is 9.31. The lowest BCUT2D eigenvalue weighted by Gasteiger charge is -2.38. The molecule has 2 aromatic rings. The van der Waals surface area contributed by atoms with Crippen molar-refractivity contribution in [1.82, 2.24) is 9.55 Å². The maximum Gasteiger partial charge on any atom is 0.140 e. The summed E-state index contributed by atoms with van der Waals surface area (Å²) in [7, 11) is 0. The van der Waals surface area contributed by atoms with Gasteiger partial charge in [-0.05, 0) is 43.7 Å². The second-order valence-electron chi connectivity index (χ2n) is 7.54. The molecule has 1 aliphatic carbocycles. The molecule has 136 valence electrons. The smallest absolute Gasteiger partial charge is 0.140 e. The Labute approximate surface area is 164 Å². The zero-order valence-electron chi connectivity index (χ0n) is 15.3. The predicted molar refractivity (Wildman–Crippen MR) is 107 cm³/mol. The minimum Gasteiger partial charge on any atom is -0.487 e. The number of hydrogen-bond acceptors (Lipinski definition) is 3. The molecule has 5 heteroatoms. The zero-order chi connectivity index (χ0) is 19.2. The second kappa shape index (κ2) is 6.44. The van der Waals surface area contributed by atoms with E-state index >= 15 is 0 Å². The Balaban J connectivity index is 1.83. The lowest BCUT2D eigenvalue weighted by Crippen LogP contribution is -2.37. The van der Waals surface area contributed by atoms with Gasteiger partial charge in [0.2, 0.25) is 0 Å². The van der Waals surface area contributed by atoms with E-state index in [4.69, 9.17) is 16.3 Å². The first-order valence-electron chi connectivity index (χ1n) is 8.87. The van der Waals surface area contributed by atoms with Crippen LogP contribution in [0.2, 0.25) is 0 Å². The van der Waals surface area contributed by atoms with Crippen LogP contribution in [0.1, 0.15) is 43.3 Å². The van der Waals surface area contributed by atoms with Crippen molar-refractivity contribution in [2.45, 2.75) is 37.3 Å². The summed E-state index contributed by atoms with van der Waals surface area (Å²) in [6.07, 6.45) is 10.4. The highest BCUT2D eigenvalue weighted by Crippen LogP contribution is 2.43. The summed E-state index contributed by atoms with van der Waals surface area (Å²) in [4.78, 5) is 4.59. The third-order valence-corrected chi connectivity index (χ3v) is 5.40. The highest BCUT2D eigenvalue weighted by molar-refractivity contribution is 6.24. The molecule has 2 heterocycles. The SMILES string of the molecule is C=C1C=C(c2nccn2[C@H]2CC(C)(C)Oc3ccc(C#N)cc32)C=CC1Cl.